The molecular formula is C10H14N2O2. The Hall–Kier alpha value is -1.71. The monoisotopic (exact) mass is 194 g/mol. The number of amidine groups is 1. The van der Waals surface area contributed by atoms with Crippen molar-refractivity contribution in [2.45, 2.75) is 6.42 Å². The highest BCUT2D eigenvalue weighted by Crippen LogP contribution is 2.16. The van der Waals surface area contributed by atoms with Crippen molar-refractivity contribution in [1.29, 1.82) is 5.41 Å². The Kier molecular flexibility index (Phi) is 3.79. The second-order valence-electron chi connectivity index (χ2n) is 2.80. The molecule has 4 heteroatoms. The SMILES string of the molecule is COc1ccc(OCCC(=N)N)cc1. The molecule has 3 N–H and O–H groups in total. The molecule has 0 saturated heterocycles. The van der Waals surface area contributed by atoms with Crippen molar-refractivity contribution >= 4 is 5.84 Å². The van der Waals surface area contributed by atoms with Crippen LogP contribution in [-0.4, -0.2) is 19.6 Å². The fourth-order valence-electron chi connectivity index (χ4n) is 0.951. The van der Waals surface area contributed by atoms with E-state index in [-0.39, 0.29) is 5.84 Å². The molecule has 4 nitrogen and oxygen atoms in total. The quantitative estimate of drug-likeness (QED) is 0.550. The Bertz CT molecular complexity index is 295. The topological polar surface area (TPSA) is 68.3 Å². The second-order valence-corrected chi connectivity index (χ2v) is 2.80. The minimum atomic E-state index is 0.138. The van der Waals surface area contributed by atoms with Gasteiger partial charge in [-0.15, -0.1) is 0 Å². The van der Waals surface area contributed by atoms with Crippen LogP contribution < -0.4 is 15.2 Å². The molecule has 0 spiro atoms. The van der Waals surface area contributed by atoms with Crippen molar-refractivity contribution < 1.29 is 9.47 Å². The number of hydrogen-bond acceptors (Lipinski definition) is 3. The molecule has 0 atom stereocenters. The average molecular weight is 194 g/mol. The summed E-state index contributed by atoms with van der Waals surface area (Å²) in [6, 6.07) is 7.28. The van der Waals surface area contributed by atoms with Gasteiger partial charge in [0, 0.05) is 6.42 Å². The Morgan fingerprint density at radius 1 is 1.29 bits per heavy atom. The third-order valence-electron chi connectivity index (χ3n) is 1.70. The van der Waals surface area contributed by atoms with E-state index in [0.29, 0.717) is 13.0 Å². The number of ether oxygens (including phenoxy) is 2. The first-order valence-electron chi connectivity index (χ1n) is 4.32. The first-order chi connectivity index (χ1) is 6.72. The van der Waals surface area contributed by atoms with E-state index in [2.05, 4.69) is 0 Å². The summed E-state index contributed by atoms with van der Waals surface area (Å²) in [4.78, 5) is 0. The highest BCUT2D eigenvalue weighted by atomic mass is 16.5. The van der Waals surface area contributed by atoms with Gasteiger partial charge in [-0.2, -0.15) is 0 Å². The van der Waals surface area contributed by atoms with Crippen molar-refractivity contribution in [3.05, 3.63) is 24.3 Å². The van der Waals surface area contributed by atoms with Crippen LogP contribution in [0.5, 0.6) is 11.5 Å². The third-order valence-corrected chi connectivity index (χ3v) is 1.70. The van der Waals surface area contributed by atoms with Crippen LogP contribution in [0.25, 0.3) is 0 Å². The number of nitrogens with one attached hydrogen (secondary N) is 1. The van der Waals surface area contributed by atoms with E-state index in [9.17, 15) is 0 Å². The first kappa shape index (κ1) is 10.4. The average Bonchev–Trinajstić information content (AvgIpc) is 2.18. The van der Waals surface area contributed by atoms with Gasteiger partial charge in [0.25, 0.3) is 0 Å². The van der Waals surface area contributed by atoms with E-state index >= 15 is 0 Å². The molecular weight excluding hydrogens is 180 g/mol. The molecule has 0 radical (unpaired) electrons. The summed E-state index contributed by atoms with van der Waals surface area (Å²) in [5.74, 6) is 1.69. The van der Waals surface area contributed by atoms with Crippen molar-refractivity contribution in [3.63, 3.8) is 0 Å². The molecule has 1 rings (SSSR count). The summed E-state index contributed by atoms with van der Waals surface area (Å²) in [5.41, 5.74) is 5.19. The molecule has 0 bridgehead atoms. The smallest absolute Gasteiger partial charge is 0.119 e. The molecule has 0 heterocycles. The maximum Gasteiger partial charge on any atom is 0.119 e. The third kappa shape index (κ3) is 3.35. The zero-order chi connectivity index (χ0) is 10.4. The van der Waals surface area contributed by atoms with Crippen LogP contribution in [0.1, 0.15) is 6.42 Å². The number of hydrogen-bond donors (Lipinski definition) is 2. The zero-order valence-electron chi connectivity index (χ0n) is 8.12. The maximum absolute atomic E-state index is 7.00. The fourth-order valence-corrected chi connectivity index (χ4v) is 0.951. The van der Waals surface area contributed by atoms with E-state index in [1.54, 1.807) is 7.11 Å². The van der Waals surface area contributed by atoms with Gasteiger partial charge >= 0.3 is 0 Å². The van der Waals surface area contributed by atoms with Gasteiger partial charge in [0.2, 0.25) is 0 Å². The largest absolute Gasteiger partial charge is 0.497 e. The standard InChI is InChI=1S/C10H14N2O2/c1-13-8-2-4-9(5-3-8)14-7-6-10(11)12/h2-5H,6-7H2,1H3,(H3,11,12). The van der Waals surface area contributed by atoms with E-state index < -0.39 is 0 Å². The lowest BCUT2D eigenvalue weighted by molar-refractivity contribution is 0.327. The molecule has 0 aromatic heterocycles. The van der Waals surface area contributed by atoms with Gasteiger partial charge in [0.05, 0.1) is 19.6 Å². The summed E-state index contributed by atoms with van der Waals surface area (Å²) in [7, 11) is 1.62. The Labute approximate surface area is 83.1 Å². The molecule has 14 heavy (non-hydrogen) atoms. The van der Waals surface area contributed by atoms with Crippen LogP contribution in [0.15, 0.2) is 24.3 Å². The molecule has 0 saturated carbocycles. The Morgan fingerprint density at radius 2 is 1.86 bits per heavy atom. The van der Waals surface area contributed by atoms with Crippen molar-refractivity contribution in [2.75, 3.05) is 13.7 Å². The van der Waals surface area contributed by atoms with Crippen LogP contribution in [-0.2, 0) is 0 Å². The van der Waals surface area contributed by atoms with Gasteiger partial charge in [-0.3, -0.25) is 5.41 Å². The number of methoxy groups -OCH3 is 1. The highest BCUT2D eigenvalue weighted by Gasteiger charge is 1.95. The Balaban J connectivity index is 2.40. The normalized spacial score (nSPS) is 9.50. The summed E-state index contributed by atoms with van der Waals surface area (Å²) < 4.78 is 10.3. The van der Waals surface area contributed by atoms with Crippen molar-refractivity contribution in [3.8, 4) is 11.5 Å². The highest BCUT2D eigenvalue weighted by molar-refractivity contribution is 5.76. The Morgan fingerprint density at radius 3 is 2.36 bits per heavy atom. The number of benzene rings is 1. The van der Waals surface area contributed by atoms with Crippen LogP contribution in [0.3, 0.4) is 0 Å². The fraction of sp³-hybridized carbons (Fsp3) is 0.300. The maximum atomic E-state index is 7.00. The lowest BCUT2D eigenvalue weighted by Crippen LogP contribution is -2.13. The number of nitrogens with two attached hydrogens (primary N) is 1. The van der Waals surface area contributed by atoms with Crippen LogP contribution in [0.2, 0.25) is 0 Å². The summed E-state index contributed by atoms with van der Waals surface area (Å²) in [5, 5.41) is 7.00. The minimum absolute atomic E-state index is 0.138. The van der Waals surface area contributed by atoms with E-state index in [4.69, 9.17) is 20.6 Å². The predicted octanol–water partition coefficient (Wildman–Crippen LogP) is 1.40. The molecule has 0 aliphatic heterocycles. The first-order valence-corrected chi connectivity index (χ1v) is 4.32. The summed E-state index contributed by atoms with van der Waals surface area (Å²) >= 11 is 0. The molecule has 76 valence electrons. The molecule has 1 aromatic rings. The van der Waals surface area contributed by atoms with Crippen LogP contribution in [0, 0.1) is 5.41 Å². The molecule has 1 aromatic carbocycles. The van der Waals surface area contributed by atoms with Gasteiger partial charge < -0.3 is 15.2 Å². The van der Waals surface area contributed by atoms with Crippen LogP contribution in [0.4, 0.5) is 0 Å². The van der Waals surface area contributed by atoms with Crippen molar-refractivity contribution in [1.82, 2.24) is 0 Å². The lowest BCUT2D eigenvalue weighted by Gasteiger charge is -2.05. The van der Waals surface area contributed by atoms with E-state index in [0.717, 1.165) is 11.5 Å². The molecule has 0 aliphatic rings. The molecule has 0 aliphatic carbocycles. The van der Waals surface area contributed by atoms with E-state index in [1.807, 2.05) is 24.3 Å². The van der Waals surface area contributed by atoms with E-state index in [1.165, 1.54) is 0 Å². The van der Waals surface area contributed by atoms with Gasteiger partial charge in [-0.05, 0) is 24.3 Å². The van der Waals surface area contributed by atoms with Crippen molar-refractivity contribution in [2.24, 2.45) is 5.73 Å². The van der Waals surface area contributed by atoms with Crippen LogP contribution >= 0.6 is 0 Å². The summed E-state index contributed by atoms with van der Waals surface area (Å²) in [6.45, 7) is 0.432. The minimum Gasteiger partial charge on any atom is -0.497 e. The lowest BCUT2D eigenvalue weighted by atomic mass is 10.3. The van der Waals surface area contributed by atoms with Gasteiger partial charge in [0.15, 0.2) is 0 Å². The second kappa shape index (κ2) is 5.11. The predicted molar refractivity (Wildman–Crippen MR) is 55.0 cm³/mol. The summed E-state index contributed by atoms with van der Waals surface area (Å²) in [6.07, 6.45) is 0.450. The van der Waals surface area contributed by atoms with Gasteiger partial charge in [-0.1, -0.05) is 0 Å². The molecule has 0 fully saturated rings. The van der Waals surface area contributed by atoms with Gasteiger partial charge in [-0.25, -0.2) is 0 Å². The zero-order valence-corrected chi connectivity index (χ0v) is 8.12. The molecule has 0 unspecified atom stereocenters. The number of rotatable bonds is 5. The van der Waals surface area contributed by atoms with Gasteiger partial charge in [0.1, 0.15) is 11.5 Å². The molecule has 0 amide bonds.